The number of hydrogen-bond donors (Lipinski definition) is 2. The van der Waals surface area contributed by atoms with E-state index in [1.165, 1.54) is 12.1 Å². The first-order valence-electron chi connectivity index (χ1n) is 8.19. The van der Waals surface area contributed by atoms with Crippen LogP contribution in [0, 0.1) is 5.92 Å². The minimum absolute atomic E-state index is 0.205. The summed E-state index contributed by atoms with van der Waals surface area (Å²) in [5.74, 6) is 0.574. The minimum atomic E-state index is -4.33. The molecule has 138 valence electrons. The van der Waals surface area contributed by atoms with Gasteiger partial charge in [-0.15, -0.1) is 0 Å². The van der Waals surface area contributed by atoms with Gasteiger partial charge in [-0.1, -0.05) is 12.1 Å². The van der Waals surface area contributed by atoms with Gasteiger partial charge in [0, 0.05) is 33.1 Å². The number of benzene rings is 1. The van der Waals surface area contributed by atoms with Crippen molar-refractivity contribution in [3.8, 4) is 0 Å². The van der Waals surface area contributed by atoms with Gasteiger partial charge in [-0.3, -0.25) is 9.79 Å². The number of nitrogens with zero attached hydrogens (tertiary/aromatic N) is 2. The molecule has 1 aromatic carbocycles. The molecule has 0 radical (unpaired) electrons. The summed E-state index contributed by atoms with van der Waals surface area (Å²) >= 11 is 0. The molecule has 1 fully saturated rings. The smallest absolute Gasteiger partial charge is 0.370 e. The van der Waals surface area contributed by atoms with E-state index in [1.807, 2.05) is 0 Å². The highest BCUT2D eigenvalue weighted by Crippen LogP contribution is 2.29. The number of alkyl halides is 3. The number of primary amides is 1. The monoisotopic (exact) mass is 356 g/mol. The molecular weight excluding hydrogens is 333 g/mol. The number of guanidine groups is 1. The van der Waals surface area contributed by atoms with Crippen molar-refractivity contribution in [2.75, 3.05) is 20.1 Å². The van der Waals surface area contributed by atoms with E-state index in [2.05, 4.69) is 15.2 Å². The molecule has 0 aromatic heterocycles. The largest absolute Gasteiger partial charge is 0.416 e. The summed E-state index contributed by atoms with van der Waals surface area (Å²) in [7, 11) is 1.66. The summed E-state index contributed by atoms with van der Waals surface area (Å²) in [6, 6.07) is 5.05. The van der Waals surface area contributed by atoms with Crippen molar-refractivity contribution in [3.63, 3.8) is 0 Å². The Morgan fingerprint density at radius 3 is 2.60 bits per heavy atom. The van der Waals surface area contributed by atoms with E-state index >= 15 is 0 Å². The zero-order chi connectivity index (χ0) is 18.4. The number of piperidine rings is 1. The SMILES string of the molecule is CN=C(NCc1ccc(C(F)(F)F)cc1)N1CCCC(CC(N)=O)C1. The van der Waals surface area contributed by atoms with Gasteiger partial charge < -0.3 is 16.0 Å². The molecule has 25 heavy (non-hydrogen) atoms. The lowest BCUT2D eigenvalue weighted by Gasteiger charge is -2.34. The zero-order valence-corrected chi connectivity index (χ0v) is 14.1. The Balaban J connectivity index is 1.92. The number of likely N-dealkylation sites (tertiary alicyclic amines) is 1. The van der Waals surface area contributed by atoms with Crippen LogP contribution in [0.4, 0.5) is 13.2 Å². The highest BCUT2D eigenvalue weighted by molar-refractivity contribution is 5.80. The van der Waals surface area contributed by atoms with Crippen molar-refractivity contribution >= 4 is 11.9 Å². The van der Waals surface area contributed by atoms with Crippen molar-refractivity contribution in [1.82, 2.24) is 10.2 Å². The standard InChI is InChI=1S/C17H23F3N4O/c1-22-16(24-8-2-3-13(11-24)9-15(21)25)23-10-12-4-6-14(7-5-12)17(18,19)20/h4-7,13H,2-3,8-11H2,1H3,(H2,21,25)(H,22,23). The first kappa shape index (κ1) is 19.1. The molecule has 0 saturated carbocycles. The van der Waals surface area contributed by atoms with Crippen LogP contribution in [-0.4, -0.2) is 36.9 Å². The summed E-state index contributed by atoms with van der Waals surface area (Å²) in [4.78, 5) is 17.4. The third kappa shape index (κ3) is 5.65. The molecule has 1 amide bonds. The lowest BCUT2D eigenvalue weighted by molar-refractivity contribution is -0.137. The molecule has 0 spiro atoms. The van der Waals surface area contributed by atoms with Crippen LogP contribution in [0.2, 0.25) is 0 Å². The first-order valence-corrected chi connectivity index (χ1v) is 8.19. The Kier molecular flexibility index (Phi) is 6.27. The predicted molar refractivity (Wildman–Crippen MR) is 89.8 cm³/mol. The number of aliphatic imine (C=N–C) groups is 1. The van der Waals surface area contributed by atoms with Crippen molar-refractivity contribution in [1.29, 1.82) is 0 Å². The van der Waals surface area contributed by atoms with Gasteiger partial charge in [0.05, 0.1) is 5.56 Å². The van der Waals surface area contributed by atoms with E-state index in [0.29, 0.717) is 25.5 Å². The summed E-state index contributed by atoms with van der Waals surface area (Å²) < 4.78 is 37.8. The zero-order valence-electron chi connectivity index (χ0n) is 14.1. The summed E-state index contributed by atoms with van der Waals surface area (Å²) in [5, 5.41) is 3.17. The molecule has 1 heterocycles. The van der Waals surface area contributed by atoms with Crippen LogP contribution >= 0.6 is 0 Å². The topological polar surface area (TPSA) is 70.7 Å². The number of carbonyl (C=O) groups excluding carboxylic acids is 1. The van der Waals surface area contributed by atoms with E-state index in [0.717, 1.165) is 37.1 Å². The lowest BCUT2D eigenvalue weighted by Crippen LogP contribution is -2.46. The average Bonchev–Trinajstić information content (AvgIpc) is 2.55. The van der Waals surface area contributed by atoms with Crippen LogP contribution in [0.1, 0.15) is 30.4 Å². The van der Waals surface area contributed by atoms with Crippen molar-refractivity contribution in [3.05, 3.63) is 35.4 Å². The van der Waals surface area contributed by atoms with Gasteiger partial charge in [0.1, 0.15) is 0 Å². The summed E-state index contributed by atoms with van der Waals surface area (Å²) in [6.07, 6.45) is -2.08. The van der Waals surface area contributed by atoms with E-state index in [9.17, 15) is 18.0 Å². The Hall–Kier alpha value is -2.25. The van der Waals surface area contributed by atoms with Crippen LogP contribution in [0.3, 0.4) is 0 Å². The second-order valence-electron chi connectivity index (χ2n) is 6.22. The minimum Gasteiger partial charge on any atom is -0.370 e. The highest BCUT2D eigenvalue weighted by atomic mass is 19.4. The predicted octanol–water partition coefficient (Wildman–Crippen LogP) is 2.37. The van der Waals surface area contributed by atoms with Crippen LogP contribution < -0.4 is 11.1 Å². The third-order valence-corrected chi connectivity index (χ3v) is 4.25. The molecule has 0 bridgehead atoms. The first-order chi connectivity index (χ1) is 11.8. The highest BCUT2D eigenvalue weighted by Gasteiger charge is 2.30. The molecule has 3 N–H and O–H groups in total. The molecule has 8 heteroatoms. The van der Waals surface area contributed by atoms with Gasteiger partial charge >= 0.3 is 6.18 Å². The Labute approximate surface area is 145 Å². The molecule has 5 nitrogen and oxygen atoms in total. The maximum atomic E-state index is 12.6. The number of nitrogens with one attached hydrogen (secondary N) is 1. The van der Waals surface area contributed by atoms with Crippen molar-refractivity contribution in [2.24, 2.45) is 16.6 Å². The molecule has 1 aliphatic rings. The second-order valence-corrected chi connectivity index (χ2v) is 6.22. The molecule has 1 aromatic rings. The van der Waals surface area contributed by atoms with Gasteiger partial charge in [0.15, 0.2) is 5.96 Å². The van der Waals surface area contributed by atoms with Gasteiger partial charge in [0.25, 0.3) is 0 Å². The van der Waals surface area contributed by atoms with Gasteiger partial charge in [0.2, 0.25) is 5.91 Å². The van der Waals surface area contributed by atoms with Gasteiger partial charge in [-0.25, -0.2) is 0 Å². The Bertz CT molecular complexity index is 613. The summed E-state index contributed by atoms with van der Waals surface area (Å²) in [5.41, 5.74) is 5.35. The lowest BCUT2D eigenvalue weighted by atomic mass is 9.95. The van der Waals surface area contributed by atoms with Crippen molar-refractivity contribution in [2.45, 2.75) is 32.0 Å². The molecule has 0 aliphatic carbocycles. The van der Waals surface area contributed by atoms with E-state index in [-0.39, 0.29) is 11.8 Å². The number of carbonyl (C=O) groups is 1. The number of halogens is 3. The Morgan fingerprint density at radius 2 is 2.04 bits per heavy atom. The average molecular weight is 356 g/mol. The fourth-order valence-electron chi connectivity index (χ4n) is 3.03. The number of rotatable bonds is 4. The molecule has 1 atom stereocenters. The number of amides is 1. The van der Waals surface area contributed by atoms with Crippen LogP contribution in [0.5, 0.6) is 0 Å². The molecule has 1 unspecified atom stereocenters. The molecule has 2 rings (SSSR count). The molecule has 1 saturated heterocycles. The third-order valence-electron chi connectivity index (χ3n) is 4.25. The van der Waals surface area contributed by atoms with Gasteiger partial charge in [-0.05, 0) is 36.5 Å². The number of hydrogen-bond acceptors (Lipinski definition) is 2. The van der Waals surface area contributed by atoms with Crippen LogP contribution in [0.15, 0.2) is 29.3 Å². The van der Waals surface area contributed by atoms with E-state index in [4.69, 9.17) is 5.73 Å². The van der Waals surface area contributed by atoms with Gasteiger partial charge in [-0.2, -0.15) is 13.2 Å². The number of nitrogens with two attached hydrogens (primary N) is 1. The summed E-state index contributed by atoms with van der Waals surface area (Å²) in [6.45, 7) is 1.89. The fraction of sp³-hybridized carbons (Fsp3) is 0.529. The molecule has 1 aliphatic heterocycles. The van der Waals surface area contributed by atoms with Crippen LogP contribution in [-0.2, 0) is 17.5 Å². The maximum absolute atomic E-state index is 12.6. The quantitative estimate of drug-likeness (QED) is 0.643. The fourth-order valence-corrected chi connectivity index (χ4v) is 3.03. The van der Waals surface area contributed by atoms with Crippen LogP contribution in [0.25, 0.3) is 0 Å². The Morgan fingerprint density at radius 1 is 1.36 bits per heavy atom. The normalized spacial score (nSPS) is 19.0. The molecular formula is C17H23F3N4O. The van der Waals surface area contributed by atoms with Crippen molar-refractivity contribution < 1.29 is 18.0 Å². The second kappa shape index (κ2) is 8.22. The van der Waals surface area contributed by atoms with E-state index < -0.39 is 11.7 Å². The van der Waals surface area contributed by atoms with E-state index in [1.54, 1.807) is 7.05 Å². The maximum Gasteiger partial charge on any atom is 0.416 e.